The van der Waals surface area contributed by atoms with Gasteiger partial charge in [-0.3, -0.25) is 0 Å². The van der Waals surface area contributed by atoms with Crippen LogP contribution in [0.2, 0.25) is 18.1 Å². The summed E-state index contributed by atoms with van der Waals surface area (Å²) >= 11 is 7.28. The Kier molecular flexibility index (Phi) is 4.86. The number of hydrogen-bond donors (Lipinski definition) is 0. The standard InChI is InChI=1S/C16H22Br2N2Si/c1-16(2,3)21(4,5)15-19-13(17)14(18)20(15)11-12-9-7-6-8-10-12/h6-10H,11H2,1-5H3. The molecular formula is C16H22Br2N2Si. The highest BCUT2D eigenvalue weighted by atomic mass is 79.9. The summed E-state index contributed by atoms with van der Waals surface area (Å²) in [7, 11) is -1.70. The zero-order valence-electron chi connectivity index (χ0n) is 13.2. The van der Waals surface area contributed by atoms with E-state index in [0.717, 1.165) is 15.8 Å². The van der Waals surface area contributed by atoms with Gasteiger partial charge in [0.05, 0.1) is 5.45 Å². The van der Waals surface area contributed by atoms with E-state index in [-0.39, 0.29) is 5.04 Å². The lowest BCUT2D eigenvalue weighted by atomic mass is 10.2. The minimum absolute atomic E-state index is 0.256. The van der Waals surface area contributed by atoms with Gasteiger partial charge in [0.25, 0.3) is 0 Å². The molecule has 114 valence electrons. The molecule has 0 aliphatic carbocycles. The van der Waals surface area contributed by atoms with Gasteiger partial charge in [-0.25, -0.2) is 4.98 Å². The Bertz CT molecular complexity index is 628. The van der Waals surface area contributed by atoms with Crippen LogP contribution in [-0.4, -0.2) is 17.6 Å². The molecule has 2 aromatic rings. The summed E-state index contributed by atoms with van der Waals surface area (Å²) < 4.78 is 4.25. The van der Waals surface area contributed by atoms with Crippen molar-refractivity contribution in [2.45, 2.75) is 45.4 Å². The number of rotatable bonds is 3. The van der Waals surface area contributed by atoms with E-state index in [9.17, 15) is 0 Å². The van der Waals surface area contributed by atoms with Gasteiger partial charge in [0.15, 0.2) is 0 Å². The maximum absolute atomic E-state index is 4.84. The van der Waals surface area contributed by atoms with Gasteiger partial charge >= 0.3 is 0 Å². The summed E-state index contributed by atoms with van der Waals surface area (Å²) in [6, 6.07) is 10.5. The van der Waals surface area contributed by atoms with Crippen molar-refractivity contribution in [3.63, 3.8) is 0 Å². The van der Waals surface area contributed by atoms with Crippen LogP contribution in [0.25, 0.3) is 0 Å². The molecule has 0 aliphatic rings. The minimum Gasteiger partial charge on any atom is -0.321 e. The van der Waals surface area contributed by atoms with Gasteiger partial charge < -0.3 is 4.57 Å². The van der Waals surface area contributed by atoms with Crippen molar-refractivity contribution in [3.05, 3.63) is 45.1 Å². The second kappa shape index (κ2) is 6.01. The van der Waals surface area contributed by atoms with E-state index in [1.165, 1.54) is 11.0 Å². The van der Waals surface area contributed by atoms with Crippen molar-refractivity contribution in [2.75, 3.05) is 0 Å². The zero-order valence-corrected chi connectivity index (χ0v) is 17.4. The Balaban J connectivity index is 2.52. The smallest absolute Gasteiger partial charge is 0.138 e. The van der Waals surface area contributed by atoms with Crippen molar-refractivity contribution >= 4 is 45.4 Å². The molecule has 0 saturated carbocycles. The summed E-state index contributed by atoms with van der Waals surface area (Å²) in [4.78, 5) is 4.84. The Morgan fingerprint density at radius 3 is 2.19 bits per heavy atom. The largest absolute Gasteiger partial charge is 0.321 e. The highest BCUT2D eigenvalue weighted by Crippen LogP contribution is 2.36. The monoisotopic (exact) mass is 428 g/mol. The van der Waals surface area contributed by atoms with Crippen LogP contribution >= 0.6 is 31.9 Å². The van der Waals surface area contributed by atoms with Gasteiger partial charge in [-0.05, 0) is 42.5 Å². The average molecular weight is 430 g/mol. The van der Waals surface area contributed by atoms with Crippen molar-refractivity contribution in [2.24, 2.45) is 0 Å². The minimum atomic E-state index is -1.70. The summed E-state index contributed by atoms with van der Waals surface area (Å²) in [5.74, 6) is 0. The molecule has 0 unspecified atom stereocenters. The average Bonchev–Trinajstić information content (AvgIpc) is 2.67. The van der Waals surface area contributed by atoms with E-state index >= 15 is 0 Å². The van der Waals surface area contributed by atoms with E-state index in [2.05, 4.69) is 101 Å². The maximum atomic E-state index is 4.84. The van der Waals surface area contributed by atoms with Gasteiger partial charge in [0, 0.05) is 6.54 Å². The molecule has 0 aliphatic heterocycles. The van der Waals surface area contributed by atoms with E-state index in [4.69, 9.17) is 4.98 Å². The van der Waals surface area contributed by atoms with Gasteiger partial charge in [0.1, 0.15) is 17.3 Å². The maximum Gasteiger partial charge on any atom is 0.138 e. The molecule has 0 atom stereocenters. The fourth-order valence-electron chi connectivity index (χ4n) is 2.13. The molecule has 0 saturated heterocycles. The molecule has 0 spiro atoms. The molecule has 2 nitrogen and oxygen atoms in total. The number of nitrogens with zero attached hydrogens (tertiary/aromatic N) is 2. The molecule has 2 rings (SSSR count). The third-order valence-electron chi connectivity index (χ3n) is 4.48. The summed E-state index contributed by atoms with van der Waals surface area (Å²) in [5, 5.41) is 0.256. The third-order valence-corrected chi connectivity index (χ3v) is 11.6. The first-order chi connectivity index (χ1) is 9.64. The predicted molar refractivity (Wildman–Crippen MR) is 100 cm³/mol. The summed E-state index contributed by atoms with van der Waals surface area (Å²) in [5.41, 5.74) is 2.53. The van der Waals surface area contributed by atoms with Crippen LogP contribution < -0.4 is 5.45 Å². The molecule has 0 bridgehead atoms. The molecule has 1 aromatic heterocycles. The predicted octanol–water partition coefficient (Wildman–Crippen LogP) is 5.17. The van der Waals surface area contributed by atoms with Gasteiger partial charge in [-0.1, -0.05) is 64.2 Å². The Labute approximate surface area is 145 Å². The first kappa shape index (κ1) is 17.0. The molecule has 0 amide bonds. The number of hydrogen-bond acceptors (Lipinski definition) is 1. The Morgan fingerprint density at radius 1 is 1.10 bits per heavy atom. The molecule has 0 N–H and O–H groups in total. The van der Waals surface area contributed by atoms with Gasteiger partial charge in [0.2, 0.25) is 0 Å². The quantitative estimate of drug-likeness (QED) is 0.615. The first-order valence-corrected chi connectivity index (χ1v) is 11.7. The van der Waals surface area contributed by atoms with Gasteiger partial charge in [-0.2, -0.15) is 0 Å². The Morgan fingerprint density at radius 2 is 1.67 bits per heavy atom. The topological polar surface area (TPSA) is 17.8 Å². The van der Waals surface area contributed by atoms with E-state index in [0.29, 0.717) is 0 Å². The van der Waals surface area contributed by atoms with Crippen LogP contribution in [0.1, 0.15) is 26.3 Å². The molecule has 0 fully saturated rings. The molecule has 1 heterocycles. The summed E-state index contributed by atoms with van der Waals surface area (Å²) in [6.45, 7) is 12.6. The number of benzene rings is 1. The van der Waals surface area contributed by atoms with Crippen molar-refractivity contribution in [3.8, 4) is 0 Å². The van der Waals surface area contributed by atoms with Crippen LogP contribution in [0.15, 0.2) is 39.5 Å². The van der Waals surface area contributed by atoms with Crippen molar-refractivity contribution in [1.29, 1.82) is 0 Å². The van der Waals surface area contributed by atoms with Crippen LogP contribution in [0.5, 0.6) is 0 Å². The lowest BCUT2D eigenvalue weighted by molar-refractivity contribution is 0.715. The molecular weight excluding hydrogens is 408 g/mol. The second-order valence-electron chi connectivity index (χ2n) is 6.96. The number of aromatic nitrogens is 2. The first-order valence-electron chi connectivity index (χ1n) is 7.10. The van der Waals surface area contributed by atoms with Crippen LogP contribution in [0, 0.1) is 0 Å². The SMILES string of the molecule is CC(C)(C)[Si](C)(C)c1nc(Br)c(Br)n1Cc1ccccc1. The zero-order chi connectivity index (χ0) is 15.8. The van der Waals surface area contributed by atoms with E-state index in [1.807, 2.05) is 0 Å². The van der Waals surface area contributed by atoms with Crippen LogP contribution in [0.3, 0.4) is 0 Å². The lowest BCUT2D eigenvalue weighted by Crippen LogP contribution is -2.54. The van der Waals surface area contributed by atoms with Crippen LogP contribution in [-0.2, 0) is 6.54 Å². The fourth-order valence-corrected chi connectivity index (χ4v) is 5.15. The van der Waals surface area contributed by atoms with Crippen molar-refractivity contribution in [1.82, 2.24) is 9.55 Å². The van der Waals surface area contributed by atoms with Gasteiger partial charge in [-0.15, -0.1) is 0 Å². The molecule has 5 heteroatoms. The highest BCUT2D eigenvalue weighted by Gasteiger charge is 2.41. The normalized spacial score (nSPS) is 12.7. The van der Waals surface area contributed by atoms with Crippen LogP contribution in [0.4, 0.5) is 0 Å². The fraction of sp³-hybridized carbons (Fsp3) is 0.438. The molecule has 21 heavy (non-hydrogen) atoms. The summed E-state index contributed by atoms with van der Waals surface area (Å²) in [6.07, 6.45) is 0. The van der Waals surface area contributed by atoms with E-state index < -0.39 is 8.07 Å². The molecule has 0 radical (unpaired) electrons. The Hall–Kier alpha value is -0.393. The third kappa shape index (κ3) is 3.35. The van der Waals surface area contributed by atoms with E-state index in [1.54, 1.807) is 0 Å². The lowest BCUT2D eigenvalue weighted by Gasteiger charge is -2.36. The molecule has 1 aromatic carbocycles. The second-order valence-corrected chi connectivity index (χ2v) is 13.7. The highest BCUT2D eigenvalue weighted by molar-refractivity contribution is 9.13. The number of halogens is 2. The number of imidazole rings is 1. The van der Waals surface area contributed by atoms with Crippen molar-refractivity contribution < 1.29 is 0 Å².